The normalized spacial score (nSPS) is 31.5. The summed E-state index contributed by atoms with van der Waals surface area (Å²) in [7, 11) is 0. The number of aliphatic hydroxyl groups excluding tert-OH is 1. The van der Waals surface area contributed by atoms with Crippen molar-refractivity contribution in [2.45, 2.75) is 110 Å². The Morgan fingerprint density at radius 2 is 0.841 bits per heavy atom. The molecule has 2 saturated heterocycles. The Morgan fingerprint density at radius 3 is 1.27 bits per heavy atom. The minimum absolute atomic E-state index is 0.560. The summed E-state index contributed by atoms with van der Waals surface area (Å²) in [6.07, 6.45) is -16.4. The molecule has 0 aromatic carbocycles. The summed E-state index contributed by atoms with van der Waals surface area (Å²) in [5.41, 5.74) is 0. The first-order chi connectivity index (χ1) is 20.5. The molecule has 0 unspecified atom stereocenters. The molecule has 0 aromatic rings. The van der Waals surface area contributed by atoms with Crippen LogP contribution in [0.15, 0.2) is 0 Å². The van der Waals surface area contributed by atoms with Crippen LogP contribution >= 0.6 is 0 Å². The van der Waals surface area contributed by atoms with Crippen LogP contribution < -0.4 is 0 Å². The Hall–Kier alpha value is -3.87. The number of esters is 7. The smallest absolute Gasteiger partial charge is 0.303 e. The van der Waals surface area contributed by atoms with E-state index >= 15 is 0 Å². The third-order valence-corrected chi connectivity index (χ3v) is 5.90. The van der Waals surface area contributed by atoms with Crippen LogP contribution in [0.4, 0.5) is 0 Å². The highest BCUT2D eigenvalue weighted by Crippen LogP contribution is 2.35. The molecule has 0 aliphatic carbocycles. The summed E-state index contributed by atoms with van der Waals surface area (Å²) < 4.78 is 54.0. The molecule has 2 rings (SSSR count). The second kappa shape index (κ2) is 16.3. The van der Waals surface area contributed by atoms with Gasteiger partial charge in [-0.05, 0) is 0 Å². The molecule has 0 bridgehead atoms. The zero-order valence-electron chi connectivity index (χ0n) is 25.1. The molecule has 0 saturated carbocycles. The lowest BCUT2D eigenvalue weighted by atomic mass is 9.96. The highest BCUT2D eigenvalue weighted by Gasteiger charge is 2.57. The lowest BCUT2D eigenvalue weighted by molar-refractivity contribution is -0.357. The van der Waals surface area contributed by atoms with Gasteiger partial charge in [0.05, 0.1) is 0 Å². The Bertz CT molecular complexity index is 1090. The van der Waals surface area contributed by atoms with E-state index in [2.05, 4.69) is 0 Å². The molecule has 0 radical (unpaired) electrons. The molecule has 1 N–H and O–H groups in total. The van der Waals surface area contributed by atoms with Gasteiger partial charge in [0, 0.05) is 48.5 Å². The van der Waals surface area contributed by atoms with Crippen molar-refractivity contribution in [2.24, 2.45) is 0 Å². The third-order valence-electron chi connectivity index (χ3n) is 5.90. The quantitative estimate of drug-likeness (QED) is 0.203. The largest absolute Gasteiger partial charge is 0.463 e. The van der Waals surface area contributed by atoms with Crippen molar-refractivity contribution in [3.05, 3.63) is 0 Å². The van der Waals surface area contributed by atoms with E-state index in [1.807, 2.05) is 0 Å². The minimum atomic E-state index is -1.94. The fourth-order valence-electron chi connectivity index (χ4n) is 4.49. The van der Waals surface area contributed by atoms with Crippen molar-refractivity contribution >= 4 is 41.8 Å². The molecule has 248 valence electrons. The summed E-state index contributed by atoms with van der Waals surface area (Å²) in [5.74, 6) is -6.03. The van der Waals surface area contributed by atoms with Gasteiger partial charge in [-0.1, -0.05) is 0 Å². The van der Waals surface area contributed by atoms with E-state index < -0.39 is 116 Å². The van der Waals surface area contributed by atoms with Crippen LogP contribution in [-0.2, 0) is 80.9 Å². The summed E-state index contributed by atoms with van der Waals surface area (Å²) in [6.45, 7) is 6.13. The van der Waals surface area contributed by atoms with Crippen LogP contribution in [-0.4, -0.2) is 122 Å². The maximum absolute atomic E-state index is 12.2. The van der Waals surface area contributed by atoms with Gasteiger partial charge in [0.2, 0.25) is 0 Å². The van der Waals surface area contributed by atoms with Crippen molar-refractivity contribution in [3.63, 3.8) is 0 Å². The first-order valence-electron chi connectivity index (χ1n) is 13.3. The van der Waals surface area contributed by atoms with Crippen LogP contribution in [0.3, 0.4) is 0 Å². The molecule has 44 heavy (non-hydrogen) atoms. The van der Waals surface area contributed by atoms with E-state index in [0.717, 1.165) is 48.5 Å². The van der Waals surface area contributed by atoms with E-state index in [1.54, 1.807) is 0 Å². The van der Waals surface area contributed by atoms with Gasteiger partial charge in [0.25, 0.3) is 0 Å². The maximum atomic E-state index is 12.2. The highest BCUT2D eigenvalue weighted by molar-refractivity contribution is 5.69. The predicted molar refractivity (Wildman–Crippen MR) is 135 cm³/mol. The van der Waals surface area contributed by atoms with E-state index in [9.17, 15) is 38.7 Å². The topological polar surface area (TPSA) is 232 Å². The van der Waals surface area contributed by atoms with Gasteiger partial charge in [-0.15, -0.1) is 0 Å². The zero-order chi connectivity index (χ0) is 33.3. The SMILES string of the molecule is CC(=O)OC[C@H]1O[C@@H](O[C@H]2[C@@H](OC(C)=O)[C@H](O)O[C@H](COC(C)=O)[C@H]2OC(C)=O)[C@H](OC(C)=O)[C@@H](OC(C)=O)[C@H]1OC(C)=O. The van der Waals surface area contributed by atoms with Crippen LogP contribution in [0.1, 0.15) is 48.5 Å². The third kappa shape index (κ3) is 10.7. The Morgan fingerprint density at radius 1 is 0.477 bits per heavy atom. The monoisotopic (exact) mass is 636 g/mol. The van der Waals surface area contributed by atoms with Gasteiger partial charge < -0.3 is 52.5 Å². The standard InChI is InChI=1S/C26H36O18/c1-10(27)35-8-17-19(37-12(3)29)21(23(25(34)42-17)40-15(6)32)44-26-24(41-16(7)33)22(39-14(5)31)20(38-13(4)30)18(43-26)9-36-11(2)28/h17-26,34H,8-9H2,1-7H3/t17-,18-,19-,20+,21-,22+,23-,24-,25-,26+/m1/s1. The fraction of sp³-hybridized carbons (Fsp3) is 0.731. The first-order valence-corrected chi connectivity index (χ1v) is 13.3. The number of hydrogen-bond donors (Lipinski definition) is 1. The Balaban J connectivity index is 2.66. The van der Waals surface area contributed by atoms with Gasteiger partial charge in [0.1, 0.15) is 31.5 Å². The predicted octanol–water partition coefficient (Wildman–Crippen LogP) is -1.40. The second-order valence-electron chi connectivity index (χ2n) is 9.68. The van der Waals surface area contributed by atoms with Gasteiger partial charge in [0.15, 0.2) is 43.1 Å². The van der Waals surface area contributed by atoms with Gasteiger partial charge in [-0.3, -0.25) is 33.6 Å². The van der Waals surface area contributed by atoms with Crippen molar-refractivity contribution in [2.75, 3.05) is 13.2 Å². The van der Waals surface area contributed by atoms with Crippen LogP contribution in [0.5, 0.6) is 0 Å². The van der Waals surface area contributed by atoms with E-state index in [1.165, 1.54) is 0 Å². The highest BCUT2D eigenvalue weighted by atomic mass is 16.8. The molecule has 2 fully saturated rings. The summed E-state index contributed by atoms with van der Waals surface area (Å²) >= 11 is 0. The summed E-state index contributed by atoms with van der Waals surface area (Å²) in [5, 5.41) is 10.8. The average Bonchev–Trinajstić information content (AvgIpc) is 2.87. The molecule has 18 heteroatoms. The number of aliphatic hydroxyl groups is 1. The Labute approximate surface area is 251 Å². The van der Waals surface area contributed by atoms with Crippen LogP contribution in [0, 0.1) is 0 Å². The number of rotatable bonds is 11. The molecule has 2 heterocycles. The lowest BCUT2D eigenvalue weighted by Gasteiger charge is -2.48. The number of carbonyl (C=O) groups excluding carboxylic acids is 7. The molecule has 2 aliphatic heterocycles. The van der Waals surface area contributed by atoms with Gasteiger partial charge in [-0.25, -0.2) is 0 Å². The summed E-state index contributed by atoms with van der Waals surface area (Å²) in [4.78, 5) is 83.5. The number of ether oxygens (including phenoxy) is 10. The van der Waals surface area contributed by atoms with Gasteiger partial charge >= 0.3 is 41.8 Å². The first kappa shape index (κ1) is 36.3. The van der Waals surface area contributed by atoms with Crippen molar-refractivity contribution < 1.29 is 86.0 Å². The van der Waals surface area contributed by atoms with Crippen LogP contribution in [0.25, 0.3) is 0 Å². The number of hydrogen-bond acceptors (Lipinski definition) is 18. The van der Waals surface area contributed by atoms with Crippen LogP contribution in [0.2, 0.25) is 0 Å². The number of carbonyl (C=O) groups is 7. The minimum Gasteiger partial charge on any atom is -0.463 e. The molecule has 10 atom stereocenters. The van der Waals surface area contributed by atoms with Crippen molar-refractivity contribution in [1.29, 1.82) is 0 Å². The molecule has 18 nitrogen and oxygen atoms in total. The lowest BCUT2D eigenvalue weighted by Crippen LogP contribution is -2.67. The molecule has 0 aromatic heterocycles. The second-order valence-corrected chi connectivity index (χ2v) is 9.68. The van der Waals surface area contributed by atoms with Crippen molar-refractivity contribution in [1.82, 2.24) is 0 Å². The molecular weight excluding hydrogens is 600 g/mol. The molecular formula is C26H36O18. The maximum Gasteiger partial charge on any atom is 0.303 e. The zero-order valence-corrected chi connectivity index (χ0v) is 25.1. The van der Waals surface area contributed by atoms with Crippen molar-refractivity contribution in [3.8, 4) is 0 Å². The van der Waals surface area contributed by atoms with E-state index in [4.69, 9.17) is 47.4 Å². The molecule has 2 aliphatic rings. The molecule has 0 spiro atoms. The molecule has 0 amide bonds. The fourth-order valence-corrected chi connectivity index (χ4v) is 4.49. The average molecular weight is 637 g/mol. The van der Waals surface area contributed by atoms with Gasteiger partial charge in [-0.2, -0.15) is 0 Å². The summed E-state index contributed by atoms with van der Waals surface area (Å²) in [6, 6.07) is 0. The van der Waals surface area contributed by atoms with E-state index in [-0.39, 0.29) is 0 Å². The van der Waals surface area contributed by atoms with E-state index in [0.29, 0.717) is 0 Å². The Kier molecular flexibility index (Phi) is 13.4.